The third-order valence-electron chi connectivity index (χ3n) is 6.82. The Morgan fingerprint density at radius 2 is 0.902 bits per heavy atom. The number of carbonyl (C=O) groups is 4. The minimum Gasteiger partial charge on any atom is -0.509 e. The summed E-state index contributed by atoms with van der Waals surface area (Å²) in [4.78, 5) is 57.9. The van der Waals surface area contributed by atoms with E-state index in [2.05, 4.69) is 13.2 Å². The first-order chi connectivity index (χ1) is 19.3. The molecule has 10 heteroatoms. The number of hydrogen-bond acceptors (Lipinski definition) is 8. The highest BCUT2D eigenvalue weighted by atomic mass is 35.5. The zero-order valence-corrected chi connectivity index (χ0v) is 22.7. The van der Waals surface area contributed by atoms with E-state index in [4.69, 9.17) is 23.2 Å². The van der Waals surface area contributed by atoms with Gasteiger partial charge in [0.1, 0.15) is 23.7 Å². The first-order valence-electron chi connectivity index (χ1n) is 12.0. The molecular weight excluding hydrogens is 571 g/mol. The van der Waals surface area contributed by atoms with Crippen molar-refractivity contribution in [1.29, 1.82) is 0 Å². The van der Waals surface area contributed by atoms with Crippen molar-refractivity contribution >= 4 is 46.3 Å². The number of halogens is 2. The molecule has 8 nitrogen and oxygen atoms in total. The van der Waals surface area contributed by atoms with Gasteiger partial charge in [0.05, 0.1) is 0 Å². The summed E-state index contributed by atoms with van der Waals surface area (Å²) in [6.45, 7) is 7.27. The first-order valence-corrected chi connectivity index (χ1v) is 12.7. The lowest BCUT2D eigenvalue weighted by molar-refractivity contribution is -0.130. The molecule has 0 bridgehead atoms. The third-order valence-corrected chi connectivity index (χ3v) is 7.32. The Morgan fingerprint density at radius 3 is 1.22 bits per heavy atom. The fourth-order valence-corrected chi connectivity index (χ4v) is 4.74. The topological polar surface area (TPSA) is 149 Å². The molecular formula is C31H22Cl2O8. The van der Waals surface area contributed by atoms with E-state index in [9.17, 15) is 39.6 Å². The standard InChI is InChI=1S/C31H22Cl2O8/c1-15-21(11-13-23(34)25(15)36)29(40)31(27(38)17-3-7-19(32)8-4-17,28(39)18-5-9-20(33)10-6-18)30(41)22-12-14-24(35)26(37)16(22)2/h3-14,25-26,34-37H,1-2H2. The second-order valence-corrected chi connectivity index (χ2v) is 10.2. The van der Waals surface area contributed by atoms with E-state index in [-0.39, 0.29) is 32.3 Å². The number of allylic oxidation sites excluding steroid dienone is 4. The van der Waals surface area contributed by atoms with Gasteiger partial charge < -0.3 is 20.4 Å². The van der Waals surface area contributed by atoms with Gasteiger partial charge in [-0.2, -0.15) is 0 Å². The van der Waals surface area contributed by atoms with E-state index in [0.717, 1.165) is 24.3 Å². The second kappa shape index (κ2) is 11.3. The molecule has 2 unspecified atom stereocenters. The van der Waals surface area contributed by atoms with Gasteiger partial charge in [-0.1, -0.05) is 36.4 Å². The average Bonchev–Trinajstić information content (AvgIpc) is 2.95. The molecule has 0 radical (unpaired) electrons. The molecule has 0 spiro atoms. The molecule has 0 saturated carbocycles. The maximum absolute atomic E-state index is 14.5. The number of aliphatic hydroxyl groups excluding tert-OH is 4. The van der Waals surface area contributed by atoms with E-state index in [1.54, 1.807) is 0 Å². The maximum atomic E-state index is 14.5. The zero-order valence-electron chi connectivity index (χ0n) is 21.2. The summed E-state index contributed by atoms with van der Waals surface area (Å²) in [7, 11) is 0. The lowest BCUT2D eigenvalue weighted by Gasteiger charge is -2.33. The number of aliphatic hydroxyl groups is 4. The van der Waals surface area contributed by atoms with Crippen LogP contribution in [0.2, 0.25) is 10.0 Å². The van der Waals surface area contributed by atoms with E-state index in [1.807, 2.05) is 0 Å². The molecule has 4 N–H and O–H groups in total. The van der Waals surface area contributed by atoms with Crippen LogP contribution in [0.5, 0.6) is 0 Å². The molecule has 2 atom stereocenters. The van der Waals surface area contributed by atoms with Gasteiger partial charge in [0.25, 0.3) is 0 Å². The van der Waals surface area contributed by atoms with E-state index >= 15 is 0 Å². The smallest absolute Gasteiger partial charge is 0.221 e. The van der Waals surface area contributed by atoms with Crippen molar-refractivity contribution in [2.75, 3.05) is 0 Å². The summed E-state index contributed by atoms with van der Waals surface area (Å²) >= 11 is 12.0. The summed E-state index contributed by atoms with van der Waals surface area (Å²) in [6, 6.07) is 10.2. The van der Waals surface area contributed by atoms with Crippen LogP contribution in [0, 0.1) is 5.41 Å². The normalized spacial score (nSPS) is 19.0. The molecule has 2 aromatic rings. The van der Waals surface area contributed by atoms with Gasteiger partial charge in [0, 0.05) is 32.3 Å². The maximum Gasteiger partial charge on any atom is 0.221 e. The van der Waals surface area contributed by atoms with Gasteiger partial charge in [0.2, 0.25) is 5.41 Å². The fourth-order valence-electron chi connectivity index (χ4n) is 4.49. The highest BCUT2D eigenvalue weighted by molar-refractivity contribution is 6.49. The Labute approximate surface area is 244 Å². The van der Waals surface area contributed by atoms with Gasteiger partial charge in [-0.05, 0) is 84.0 Å². The van der Waals surface area contributed by atoms with Crippen LogP contribution in [-0.2, 0) is 9.59 Å². The monoisotopic (exact) mass is 592 g/mol. The van der Waals surface area contributed by atoms with E-state index < -0.39 is 63.4 Å². The van der Waals surface area contributed by atoms with Crippen molar-refractivity contribution in [2.45, 2.75) is 12.2 Å². The lowest BCUT2D eigenvalue weighted by Crippen LogP contribution is -2.55. The van der Waals surface area contributed by atoms with Crippen LogP contribution >= 0.6 is 23.2 Å². The molecule has 0 fully saturated rings. The number of benzene rings is 2. The highest BCUT2D eigenvalue weighted by Gasteiger charge is 2.61. The number of hydrogen-bond donors (Lipinski definition) is 4. The fraction of sp³-hybridized carbons (Fsp3) is 0.0968. The molecule has 0 saturated heterocycles. The summed E-state index contributed by atoms with van der Waals surface area (Å²) in [5.41, 5.74) is -5.35. The van der Waals surface area contributed by atoms with Crippen molar-refractivity contribution in [3.63, 3.8) is 0 Å². The second-order valence-electron chi connectivity index (χ2n) is 9.28. The summed E-state index contributed by atoms with van der Waals surface area (Å²) in [6.07, 6.45) is 0.505. The predicted molar refractivity (Wildman–Crippen MR) is 152 cm³/mol. The van der Waals surface area contributed by atoms with Gasteiger partial charge >= 0.3 is 0 Å². The van der Waals surface area contributed by atoms with Crippen molar-refractivity contribution in [1.82, 2.24) is 0 Å². The molecule has 0 aromatic heterocycles. The van der Waals surface area contributed by atoms with Crippen molar-refractivity contribution < 1.29 is 39.6 Å². The summed E-state index contributed by atoms with van der Waals surface area (Å²) < 4.78 is 0. The van der Waals surface area contributed by atoms with Gasteiger partial charge in [0.15, 0.2) is 23.1 Å². The molecule has 2 aliphatic rings. The van der Waals surface area contributed by atoms with Crippen molar-refractivity contribution in [2.24, 2.45) is 5.41 Å². The summed E-state index contributed by atoms with van der Waals surface area (Å²) in [5.74, 6) is -6.29. The van der Waals surface area contributed by atoms with Crippen molar-refractivity contribution in [3.8, 4) is 0 Å². The van der Waals surface area contributed by atoms with Crippen LogP contribution in [0.4, 0.5) is 0 Å². The van der Waals surface area contributed by atoms with Gasteiger partial charge in [-0.3, -0.25) is 19.2 Å². The van der Waals surface area contributed by atoms with Crippen LogP contribution in [0.1, 0.15) is 20.7 Å². The van der Waals surface area contributed by atoms with Gasteiger partial charge in [-0.25, -0.2) is 0 Å². The number of Topliss-reactive ketones (excluding diaryl/α,β-unsaturated/α-hetero) is 4. The first kappa shape index (κ1) is 29.6. The van der Waals surface area contributed by atoms with Crippen LogP contribution in [-0.4, -0.2) is 55.8 Å². The molecule has 0 amide bonds. The Morgan fingerprint density at radius 1 is 0.585 bits per heavy atom. The zero-order chi connectivity index (χ0) is 30.2. The summed E-state index contributed by atoms with van der Waals surface area (Å²) in [5, 5.41) is 41.2. The molecule has 208 valence electrons. The minimum absolute atomic E-state index is 0.230. The largest absolute Gasteiger partial charge is 0.509 e. The Balaban J connectivity index is 2.09. The van der Waals surface area contributed by atoms with Crippen LogP contribution in [0.25, 0.3) is 0 Å². The van der Waals surface area contributed by atoms with Crippen LogP contribution in [0.3, 0.4) is 0 Å². The predicted octanol–water partition coefficient (Wildman–Crippen LogP) is 4.78. The molecule has 2 aromatic carbocycles. The molecule has 0 aliphatic heterocycles. The van der Waals surface area contributed by atoms with Gasteiger partial charge in [-0.15, -0.1) is 0 Å². The lowest BCUT2D eigenvalue weighted by atomic mass is 9.63. The quantitative estimate of drug-likeness (QED) is 0.252. The Kier molecular flexibility index (Phi) is 8.15. The third kappa shape index (κ3) is 5.03. The molecule has 41 heavy (non-hydrogen) atoms. The Hall–Kier alpha value is -4.34. The minimum atomic E-state index is -3.19. The van der Waals surface area contributed by atoms with Crippen molar-refractivity contribution in [3.05, 3.63) is 141 Å². The number of carbonyl (C=O) groups excluding carboxylic acids is 4. The number of ketones is 4. The number of rotatable bonds is 8. The van der Waals surface area contributed by atoms with Crippen LogP contribution in [0.15, 0.2) is 120 Å². The average molecular weight is 593 g/mol. The Bertz CT molecular complexity index is 1520. The highest BCUT2D eigenvalue weighted by Crippen LogP contribution is 2.41. The molecule has 2 aliphatic carbocycles. The molecule has 4 rings (SSSR count). The SMILES string of the molecule is C=C1C(C(=O)C(C(=O)C2=CC=C(O)C(O)C2=C)(C(=O)c2ccc(Cl)cc2)C(=O)c2ccc(Cl)cc2)=CC=C(O)C1O. The molecule has 0 heterocycles. The van der Waals surface area contributed by atoms with E-state index in [0.29, 0.717) is 0 Å². The van der Waals surface area contributed by atoms with Crippen LogP contribution < -0.4 is 0 Å². The van der Waals surface area contributed by atoms with E-state index in [1.165, 1.54) is 48.5 Å².